The average molecular weight is 555 g/mol. The molecule has 9 nitrogen and oxygen atoms in total. The zero-order valence-corrected chi connectivity index (χ0v) is 21.4. The zero-order chi connectivity index (χ0) is 21.3. The molecule has 1 N–H and O–H groups in total. The van der Waals surface area contributed by atoms with Crippen molar-refractivity contribution in [2.45, 2.75) is 33.4 Å². The van der Waals surface area contributed by atoms with E-state index in [-0.39, 0.29) is 42.4 Å². The largest absolute Gasteiger partial charge is 0.478 e. The summed E-state index contributed by atoms with van der Waals surface area (Å²) in [5, 5.41) is 3.32. The van der Waals surface area contributed by atoms with E-state index in [9.17, 15) is 8.42 Å². The van der Waals surface area contributed by atoms with Gasteiger partial charge in [0, 0.05) is 51.5 Å². The van der Waals surface area contributed by atoms with Crippen LogP contribution in [0.25, 0.3) is 0 Å². The van der Waals surface area contributed by atoms with Crippen LogP contribution in [0.2, 0.25) is 0 Å². The summed E-state index contributed by atoms with van der Waals surface area (Å²) in [7, 11) is -1.58. The first-order chi connectivity index (χ1) is 13.9. The van der Waals surface area contributed by atoms with Crippen molar-refractivity contribution in [1.82, 2.24) is 19.5 Å². The molecule has 1 aliphatic heterocycles. The van der Waals surface area contributed by atoms with Gasteiger partial charge in [-0.25, -0.2) is 13.4 Å². The molecule has 2 rings (SSSR count). The van der Waals surface area contributed by atoms with Gasteiger partial charge in [-0.1, -0.05) is 6.07 Å². The molecule has 1 aromatic rings. The number of rotatable bonds is 9. The molecule has 0 unspecified atom stereocenters. The molecule has 1 aromatic heterocycles. The quantitative estimate of drug-likeness (QED) is 0.281. The minimum atomic E-state index is -3.31. The summed E-state index contributed by atoms with van der Waals surface area (Å²) in [4.78, 5) is 10.7. The van der Waals surface area contributed by atoms with Gasteiger partial charge in [-0.15, -0.1) is 24.0 Å². The number of aromatic nitrogens is 1. The number of guanidine groups is 1. The number of aliphatic imine (C=N–C) groups is 1. The predicted octanol–water partition coefficient (Wildman–Crippen LogP) is 1.55. The van der Waals surface area contributed by atoms with Crippen LogP contribution < -0.4 is 10.1 Å². The average Bonchev–Trinajstić information content (AvgIpc) is 2.70. The number of hydrogen-bond donors (Lipinski definition) is 1. The van der Waals surface area contributed by atoms with E-state index in [0.29, 0.717) is 45.2 Å². The Morgan fingerprint density at radius 1 is 1.30 bits per heavy atom. The molecule has 0 radical (unpaired) electrons. The number of nitrogens with zero attached hydrogens (tertiary/aromatic N) is 4. The van der Waals surface area contributed by atoms with Crippen LogP contribution in [-0.2, 0) is 21.3 Å². The van der Waals surface area contributed by atoms with E-state index in [1.807, 2.05) is 32.9 Å². The highest BCUT2D eigenvalue weighted by molar-refractivity contribution is 14.0. The van der Waals surface area contributed by atoms with E-state index < -0.39 is 10.0 Å². The van der Waals surface area contributed by atoms with Crippen LogP contribution in [-0.4, -0.2) is 86.9 Å². The van der Waals surface area contributed by atoms with Crippen LogP contribution in [0.4, 0.5) is 0 Å². The highest BCUT2D eigenvalue weighted by Crippen LogP contribution is 2.14. The number of piperazine rings is 1. The number of hydrogen-bond acceptors (Lipinski definition) is 6. The first-order valence-electron chi connectivity index (χ1n) is 9.99. The highest BCUT2D eigenvalue weighted by Gasteiger charge is 2.28. The van der Waals surface area contributed by atoms with Gasteiger partial charge in [-0.2, -0.15) is 4.31 Å². The van der Waals surface area contributed by atoms with Gasteiger partial charge in [0.2, 0.25) is 15.9 Å². The number of sulfonamides is 1. The molecule has 172 valence electrons. The normalized spacial score (nSPS) is 15.8. The minimum absolute atomic E-state index is 0. The lowest BCUT2D eigenvalue weighted by molar-refractivity contribution is 0.0904. The fourth-order valence-corrected chi connectivity index (χ4v) is 4.31. The third-order valence-electron chi connectivity index (χ3n) is 4.50. The van der Waals surface area contributed by atoms with E-state index in [2.05, 4.69) is 20.2 Å². The minimum Gasteiger partial charge on any atom is -0.478 e. The Bertz CT molecular complexity index is 768. The van der Waals surface area contributed by atoms with Gasteiger partial charge in [-0.05, 0) is 26.8 Å². The molecule has 30 heavy (non-hydrogen) atoms. The molecule has 1 aliphatic rings. The molecular formula is C19H34IN5O4S. The zero-order valence-electron chi connectivity index (χ0n) is 18.2. The lowest BCUT2D eigenvalue weighted by Crippen LogP contribution is -2.54. The van der Waals surface area contributed by atoms with Crippen molar-refractivity contribution < 1.29 is 17.9 Å². The van der Waals surface area contributed by atoms with Crippen LogP contribution in [0.15, 0.2) is 23.3 Å². The Morgan fingerprint density at radius 3 is 2.60 bits per heavy atom. The first-order valence-corrected chi connectivity index (χ1v) is 11.6. The Labute approximate surface area is 197 Å². The van der Waals surface area contributed by atoms with Gasteiger partial charge < -0.3 is 19.7 Å². The third-order valence-corrected chi connectivity index (χ3v) is 6.34. The van der Waals surface area contributed by atoms with E-state index in [4.69, 9.17) is 9.47 Å². The van der Waals surface area contributed by atoms with Gasteiger partial charge in [0.25, 0.3) is 0 Å². The van der Waals surface area contributed by atoms with Gasteiger partial charge >= 0.3 is 0 Å². The van der Waals surface area contributed by atoms with Crippen LogP contribution >= 0.6 is 24.0 Å². The molecule has 0 aromatic carbocycles. The molecule has 1 fully saturated rings. The molecular weight excluding hydrogens is 521 g/mol. The summed E-state index contributed by atoms with van der Waals surface area (Å²) < 4.78 is 37.4. The number of nitrogens with one attached hydrogen (secondary N) is 1. The Hall–Kier alpha value is -1.18. The van der Waals surface area contributed by atoms with Gasteiger partial charge in [0.15, 0.2) is 5.96 Å². The van der Waals surface area contributed by atoms with Crippen molar-refractivity contribution in [1.29, 1.82) is 0 Å². The standard InChI is InChI=1S/C19H33N5O4S.HI/c1-5-27-18-17(7-6-8-21-18)15-22-19(20-4)23-9-11-24(12-10-23)29(25,26)14-13-28-16(2)3;/h6-8,16H,5,9-15H2,1-4H3,(H,20,22);1H. The van der Waals surface area contributed by atoms with Crippen molar-refractivity contribution in [3.8, 4) is 5.88 Å². The summed E-state index contributed by atoms with van der Waals surface area (Å²) in [6.07, 6.45) is 1.73. The second-order valence-electron chi connectivity index (χ2n) is 6.92. The molecule has 1 saturated heterocycles. The Balaban J connectivity index is 0.00000450. The van der Waals surface area contributed by atoms with Crippen molar-refractivity contribution in [3.63, 3.8) is 0 Å². The Morgan fingerprint density at radius 2 is 2.00 bits per heavy atom. The van der Waals surface area contributed by atoms with Crippen molar-refractivity contribution in [3.05, 3.63) is 23.9 Å². The molecule has 2 heterocycles. The summed E-state index contributed by atoms with van der Waals surface area (Å²) in [5.41, 5.74) is 0.946. The van der Waals surface area contributed by atoms with E-state index >= 15 is 0 Å². The van der Waals surface area contributed by atoms with Gasteiger partial charge in [-0.3, -0.25) is 4.99 Å². The van der Waals surface area contributed by atoms with Crippen LogP contribution in [0.1, 0.15) is 26.3 Å². The monoisotopic (exact) mass is 555 g/mol. The van der Waals surface area contributed by atoms with Gasteiger partial charge in [0.1, 0.15) is 0 Å². The molecule has 0 spiro atoms. The SMILES string of the molecule is CCOc1ncccc1CNC(=NC)N1CCN(S(=O)(=O)CCOC(C)C)CC1.I. The maximum absolute atomic E-state index is 12.5. The van der Waals surface area contributed by atoms with Crippen molar-refractivity contribution in [2.24, 2.45) is 4.99 Å². The molecule has 0 saturated carbocycles. The van der Waals surface area contributed by atoms with Crippen molar-refractivity contribution >= 4 is 40.0 Å². The summed E-state index contributed by atoms with van der Waals surface area (Å²) >= 11 is 0. The third kappa shape index (κ3) is 8.16. The lowest BCUT2D eigenvalue weighted by atomic mass is 10.2. The molecule has 0 atom stereocenters. The summed E-state index contributed by atoms with van der Waals surface area (Å²) in [6, 6.07) is 3.83. The lowest BCUT2D eigenvalue weighted by Gasteiger charge is -2.35. The van der Waals surface area contributed by atoms with Crippen LogP contribution in [0.5, 0.6) is 5.88 Å². The number of pyridine rings is 1. The topological polar surface area (TPSA) is 96.4 Å². The van der Waals surface area contributed by atoms with Gasteiger partial charge in [0.05, 0.1) is 25.1 Å². The van der Waals surface area contributed by atoms with E-state index in [0.717, 1.165) is 11.5 Å². The van der Waals surface area contributed by atoms with Crippen LogP contribution in [0, 0.1) is 0 Å². The number of halogens is 1. The Kier molecular flexibility index (Phi) is 11.9. The molecule has 0 aliphatic carbocycles. The smallest absolute Gasteiger partial charge is 0.218 e. The molecule has 0 amide bonds. The van der Waals surface area contributed by atoms with E-state index in [1.165, 1.54) is 4.31 Å². The fourth-order valence-electron chi connectivity index (χ4n) is 3.03. The maximum Gasteiger partial charge on any atom is 0.218 e. The van der Waals surface area contributed by atoms with Crippen LogP contribution in [0.3, 0.4) is 0 Å². The first kappa shape index (κ1) is 26.9. The van der Waals surface area contributed by atoms with E-state index in [1.54, 1.807) is 13.2 Å². The fraction of sp³-hybridized carbons (Fsp3) is 0.684. The predicted molar refractivity (Wildman–Crippen MR) is 129 cm³/mol. The van der Waals surface area contributed by atoms with Crippen molar-refractivity contribution in [2.75, 3.05) is 52.2 Å². The second-order valence-corrected chi connectivity index (χ2v) is 9.01. The second kappa shape index (κ2) is 13.3. The molecule has 11 heteroatoms. The highest BCUT2D eigenvalue weighted by atomic mass is 127. The summed E-state index contributed by atoms with van der Waals surface area (Å²) in [5.74, 6) is 1.35. The maximum atomic E-state index is 12.5. The summed E-state index contributed by atoms with van der Waals surface area (Å²) in [6.45, 7) is 9.04. The molecule has 0 bridgehead atoms. The number of ether oxygens (including phenoxy) is 2.